The minimum atomic E-state index is -4.57. The van der Waals surface area contributed by atoms with E-state index in [1.807, 2.05) is 6.07 Å². The molecule has 1 saturated heterocycles. The molecule has 1 aliphatic heterocycles. The number of nitrogens with zero attached hydrogens (tertiary/aromatic N) is 1. The van der Waals surface area contributed by atoms with Gasteiger partial charge in [-0.05, 0) is 86.0 Å². The van der Waals surface area contributed by atoms with Crippen molar-refractivity contribution in [2.24, 2.45) is 11.8 Å². The zero-order chi connectivity index (χ0) is 23.8. The summed E-state index contributed by atoms with van der Waals surface area (Å²) in [7, 11) is 0. The average Bonchev–Trinajstić information content (AvgIpc) is 2.74. The molecule has 2 aromatic rings. The number of anilines is 1. The summed E-state index contributed by atoms with van der Waals surface area (Å²) in [5, 5.41) is 3.55. The van der Waals surface area contributed by atoms with Crippen LogP contribution in [-0.2, 0) is 12.7 Å². The molecular formula is C25H30F6N2. The van der Waals surface area contributed by atoms with Gasteiger partial charge in [0.2, 0.25) is 0 Å². The van der Waals surface area contributed by atoms with E-state index in [0.717, 1.165) is 31.5 Å². The van der Waals surface area contributed by atoms with Crippen LogP contribution >= 0.6 is 0 Å². The number of alkyl halides is 6. The molecule has 1 saturated carbocycles. The number of nitrogens with one attached hydrogen (secondary N) is 1. The van der Waals surface area contributed by atoms with Crippen molar-refractivity contribution < 1.29 is 26.3 Å². The van der Waals surface area contributed by atoms with E-state index in [2.05, 4.69) is 17.1 Å². The highest BCUT2D eigenvalue weighted by molar-refractivity contribution is 5.91. The maximum absolute atomic E-state index is 14.1. The fourth-order valence-electron chi connectivity index (χ4n) is 5.17. The number of piperidine rings is 1. The van der Waals surface area contributed by atoms with Gasteiger partial charge in [0.05, 0.1) is 11.5 Å². The van der Waals surface area contributed by atoms with Crippen molar-refractivity contribution in [3.8, 4) is 0 Å². The Morgan fingerprint density at radius 1 is 0.879 bits per heavy atom. The molecule has 8 heteroatoms. The van der Waals surface area contributed by atoms with Crippen LogP contribution < -0.4 is 5.32 Å². The maximum Gasteiger partial charge on any atom is 0.418 e. The Kier molecular flexibility index (Phi) is 6.85. The zero-order valence-corrected chi connectivity index (χ0v) is 18.7. The molecule has 2 aromatic carbocycles. The smallest absolute Gasteiger partial charge is 0.382 e. The molecular weight excluding hydrogens is 442 g/mol. The number of halogens is 6. The first-order chi connectivity index (χ1) is 15.5. The largest absolute Gasteiger partial charge is 0.418 e. The summed E-state index contributed by atoms with van der Waals surface area (Å²) in [6.45, 7) is 4.94. The van der Waals surface area contributed by atoms with Crippen molar-refractivity contribution in [3.05, 3.63) is 41.5 Å². The summed E-state index contributed by atoms with van der Waals surface area (Å²) < 4.78 is 80.9. The molecule has 33 heavy (non-hydrogen) atoms. The standard InChI is InChI=1S/C25H30F6N2/c1-16-10-12-33(13-11-16)15-17-2-8-21-18(14-17)3-9-22(23(21)25(29,30)31)32-20-6-4-19(5-7-20)24(26,27)28/h2-3,8-9,14,16,19-20,32H,4-7,10-13,15H2,1H3. The average molecular weight is 473 g/mol. The van der Waals surface area contributed by atoms with Crippen LogP contribution in [0.2, 0.25) is 0 Å². The zero-order valence-electron chi connectivity index (χ0n) is 18.7. The highest BCUT2D eigenvalue weighted by Gasteiger charge is 2.42. The summed E-state index contributed by atoms with van der Waals surface area (Å²) in [4.78, 5) is 2.33. The van der Waals surface area contributed by atoms with Gasteiger partial charge in [0.25, 0.3) is 0 Å². The van der Waals surface area contributed by atoms with Crippen molar-refractivity contribution in [1.82, 2.24) is 4.90 Å². The van der Waals surface area contributed by atoms with E-state index in [4.69, 9.17) is 0 Å². The van der Waals surface area contributed by atoms with Gasteiger partial charge in [-0.1, -0.05) is 25.1 Å². The molecule has 0 atom stereocenters. The number of fused-ring (bicyclic) bond motifs is 1. The second-order valence-corrected chi connectivity index (χ2v) is 9.73. The van der Waals surface area contributed by atoms with E-state index in [1.165, 1.54) is 12.1 Å². The van der Waals surface area contributed by atoms with Gasteiger partial charge < -0.3 is 5.32 Å². The van der Waals surface area contributed by atoms with Crippen molar-refractivity contribution >= 4 is 16.5 Å². The quantitative estimate of drug-likeness (QED) is 0.461. The fourth-order valence-corrected chi connectivity index (χ4v) is 5.17. The lowest BCUT2D eigenvalue weighted by Crippen LogP contribution is -2.33. The van der Waals surface area contributed by atoms with E-state index in [9.17, 15) is 26.3 Å². The highest BCUT2D eigenvalue weighted by atomic mass is 19.4. The number of likely N-dealkylation sites (tertiary alicyclic amines) is 1. The van der Waals surface area contributed by atoms with E-state index in [0.29, 0.717) is 17.8 Å². The van der Waals surface area contributed by atoms with Crippen LogP contribution in [0.3, 0.4) is 0 Å². The third kappa shape index (κ3) is 5.76. The van der Waals surface area contributed by atoms with Gasteiger partial charge in [-0.3, -0.25) is 4.90 Å². The van der Waals surface area contributed by atoms with Crippen LogP contribution in [0, 0.1) is 11.8 Å². The maximum atomic E-state index is 14.1. The van der Waals surface area contributed by atoms with Crippen LogP contribution in [0.4, 0.5) is 32.0 Å². The lowest BCUT2D eigenvalue weighted by atomic mass is 9.85. The normalized spacial score (nSPS) is 23.7. The van der Waals surface area contributed by atoms with Crippen LogP contribution in [-0.4, -0.2) is 30.2 Å². The monoisotopic (exact) mass is 472 g/mol. The number of hydrogen-bond acceptors (Lipinski definition) is 2. The predicted octanol–water partition coefficient (Wildman–Crippen LogP) is 7.62. The van der Waals surface area contributed by atoms with Gasteiger partial charge in [0.15, 0.2) is 0 Å². The van der Waals surface area contributed by atoms with E-state index in [-0.39, 0.29) is 36.8 Å². The van der Waals surface area contributed by atoms with E-state index >= 15 is 0 Å². The van der Waals surface area contributed by atoms with Crippen LogP contribution in [0.25, 0.3) is 10.8 Å². The van der Waals surface area contributed by atoms with Gasteiger partial charge in [0, 0.05) is 18.3 Å². The van der Waals surface area contributed by atoms with Gasteiger partial charge in [-0.15, -0.1) is 0 Å². The van der Waals surface area contributed by atoms with Crippen molar-refractivity contribution in [2.45, 2.75) is 70.4 Å². The number of rotatable bonds is 4. The summed E-state index contributed by atoms with van der Waals surface area (Å²) in [5.74, 6) is -0.655. The molecule has 182 valence electrons. The van der Waals surface area contributed by atoms with Crippen LogP contribution in [0.1, 0.15) is 56.6 Å². The predicted molar refractivity (Wildman–Crippen MR) is 118 cm³/mol. The SMILES string of the molecule is CC1CCN(Cc2ccc3c(C(F)(F)F)c(NC4CCC(C(F)(F)F)CC4)ccc3c2)CC1. The van der Waals surface area contributed by atoms with Gasteiger partial charge in [0.1, 0.15) is 0 Å². The Labute approximate surface area is 190 Å². The van der Waals surface area contributed by atoms with Crippen LogP contribution in [0.5, 0.6) is 0 Å². The second-order valence-electron chi connectivity index (χ2n) is 9.73. The summed E-state index contributed by atoms with van der Waals surface area (Å²) in [6, 6.07) is 7.81. The Hall–Kier alpha value is -1.96. The number of benzene rings is 2. The first kappa shape index (κ1) is 24.2. The molecule has 0 radical (unpaired) electrons. The molecule has 0 bridgehead atoms. The molecule has 0 unspecified atom stereocenters. The molecule has 2 fully saturated rings. The molecule has 2 nitrogen and oxygen atoms in total. The number of hydrogen-bond donors (Lipinski definition) is 1. The molecule has 2 aliphatic rings. The molecule has 0 amide bonds. The third-order valence-electron chi connectivity index (χ3n) is 7.20. The molecule has 1 heterocycles. The van der Waals surface area contributed by atoms with Gasteiger partial charge in [-0.2, -0.15) is 26.3 Å². The summed E-state index contributed by atoms with van der Waals surface area (Å²) >= 11 is 0. The highest BCUT2D eigenvalue weighted by Crippen LogP contribution is 2.43. The molecule has 0 spiro atoms. The molecule has 1 N–H and O–H groups in total. The lowest BCUT2D eigenvalue weighted by Gasteiger charge is -2.32. The van der Waals surface area contributed by atoms with E-state index < -0.39 is 29.9 Å². The van der Waals surface area contributed by atoms with Crippen molar-refractivity contribution in [1.29, 1.82) is 0 Å². The Balaban J connectivity index is 1.54. The fraction of sp³-hybridized carbons (Fsp3) is 0.600. The lowest BCUT2D eigenvalue weighted by molar-refractivity contribution is -0.182. The molecule has 4 rings (SSSR count). The minimum Gasteiger partial charge on any atom is -0.382 e. The summed E-state index contributed by atoms with van der Waals surface area (Å²) in [6.07, 6.45) is -6.27. The minimum absolute atomic E-state index is 0.0526. The second kappa shape index (κ2) is 9.35. The molecule has 1 aliphatic carbocycles. The molecule has 0 aromatic heterocycles. The topological polar surface area (TPSA) is 15.3 Å². The third-order valence-corrected chi connectivity index (χ3v) is 7.20. The Bertz CT molecular complexity index is 952. The van der Waals surface area contributed by atoms with Gasteiger partial charge >= 0.3 is 12.4 Å². The van der Waals surface area contributed by atoms with Crippen LogP contribution in [0.15, 0.2) is 30.3 Å². The van der Waals surface area contributed by atoms with Crippen molar-refractivity contribution in [2.75, 3.05) is 18.4 Å². The van der Waals surface area contributed by atoms with E-state index in [1.54, 1.807) is 12.1 Å². The summed E-state index contributed by atoms with van der Waals surface area (Å²) in [5.41, 5.74) is 0.191. The first-order valence-electron chi connectivity index (χ1n) is 11.7. The Morgan fingerprint density at radius 2 is 1.55 bits per heavy atom. The van der Waals surface area contributed by atoms with Crippen molar-refractivity contribution in [3.63, 3.8) is 0 Å². The van der Waals surface area contributed by atoms with Gasteiger partial charge in [-0.25, -0.2) is 0 Å². The first-order valence-corrected chi connectivity index (χ1v) is 11.7. The Morgan fingerprint density at radius 3 is 2.15 bits per heavy atom.